The van der Waals surface area contributed by atoms with Crippen LogP contribution in [0, 0.1) is 5.41 Å². The van der Waals surface area contributed by atoms with Crippen molar-refractivity contribution in [2.24, 2.45) is 5.41 Å². The number of rotatable bonds is 2. The molecule has 1 aromatic heterocycles. The van der Waals surface area contributed by atoms with Gasteiger partial charge >= 0.3 is 0 Å². The van der Waals surface area contributed by atoms with Crippen molar-refractivity contribution in [1.29, 1.82) is 0 Å². The van der Waals surface area contributed by atoms with Crippen LogP contribution in [0.5, 0.6) is 0 Å². The molecule has 0 atom stereocenters. The zero-order valence-electron chi connectivity index (χ0n) is 9.71. The monoisotopic (exact) mass is 227 g/mol. The quantitative estimate of drug-likeness (QED) is 0.791. The third-order valence-electron chi connectivity index (χ3n) is 1.91. The molecule has 0 fully saturated rings. The molecule has 2 N–H and O–H groups in total. The Morgan fingerprint density at radius 3 is 2.47 bits per heavy atom. The summed E-state index contributed by atoms with van der Waals surface area (Å²) in [6, 6.07) is 3.48. The number of nitrogens with zero attached hydrogens (tertiary/aromatic N) is 2. The molecular weight excluding hydrogens is 210 g/mol. The first-order chi connectivity index (χ1) is 6.78. The molecule has 0 radical (unpaired) electrons. The number of nitrogens with two attached hydrogens (primary N) is 1. The van der Waals surface area contributed by atoms with E-state index in [1.807, 2.05) is 13.1 Å². The zero-order chi connectivity index (χ0) is 11.6. The van der Waals surface area contributed by atoms with Gasteiger partial charge in [0.2, 0.25) is 0 Å². The van der Waals surface area contributed by atoms with E-state index in [-0.39, 0.29) is 5.41 Å². The Balaban J connectivity index is 2.86. The highest BCUT2D eigenvalue weighted by Gasteiger charge is 2.15. The van der Waals surface area contributed by atoms with E-state index in [4.69, 9.17) is 17.3 Å². The predicted octanol–water partition coefficient (Wildman–Crippen LogP) is 2.80. The van der Waals surface area contributed by atoms with E-state index in [1.165, 1.54) is 0 Å². The van der Waals surface area contributed by atoms with E-state index < -0.39 is 0 Å². The van der Waals surface area contributed by atoms with Crippen molar-refractivity contribution < 1.29 is 0 Å². The molecule has 4 heteroatoms. The number of halogens is 1. The van der Waals surface area contributed by atoms with E-state index in [0.717, 1.165) is 12.4 Å². The molecule has 0 saturated heterocycles. The van der Waals surface area contributed by atoms with Gasteiger partial charge in [0.1, 0.15) is 11.0 Å². The lowest BCUT2D eigenvalue weighted by Gasteiger charge is -2.27. The molecule has 3 nitrogen and oxygen atoms in total. The highest BCUT2D eigenvalue weighted by molar-refractivity contribution is 6.29. The summed E-state index contributed by atoms with van der Waals surface area (Å²) in [6.07, 6.45) is 0. The minimum absolute atomic E-state index is 0.216. The Kier molecular flexibility index (Phi) is 3.45. The number of nitrogen functional groups attached to an aromatic ring is 1. The van der Waals surface area contributed by atoms with Gasteiger partial charge in [-0.15, -0.1) is 0 Å². The second-order valence-corrected chi connectivity index (χ2v) is 5.39. The van der Waals surface area contributed by atoms with E-state index >= 15 is 0 Å². The van der Waals surface area contributed by atoms with Gasteiger partial charge in [0.15, 0.2) is 0 Å². The lowest BCUT2D eigenvalue weighted by atomic mass is 9.96. The second kappa shape index (κ2) is 4.27. The molecule has 0 aromatic carbocycles. The van der Waals surface area contributed by atoms with Crippen molar-refractivity contribution in [2.45, 2.75) is 20.8 Å². The van der Waals surface area contributed by atoms with E-state index in [2.05, 4.69) is 30.7 Å². The third kappa shape index (κ3) is 3.96. The highest BCUT2D eigenvalue weighted by Crippen LogP contribution is 2.22. The molecule has 0 amide bonds. The van der Waals surface area contributed by atoms with Gasteiger partial charge in [-0.1, -0.05) is 32.4 Å². The normalized spacial score (nSPS) is 11.5. The molecule has 0 spiro atoms. The smallest absolute Gasteiger partial charge is 0.133 e. The predicted molar refractivity (Wildman–Crippen MR) is 66.4 cm³/mol. The molecule has 0 aliphatic carbocycles. The summed E-state index contributed by atoms with van der Waals surface area (Å²) in [6.45, 7) is 7.44. The first kappa shape index (κ1) is 12.1. The number of anilines is 2. The summed E-state index contributed by atoms with van der Waals surface area (Å²) < 4.78 is 0. The maximum Gasteiger partial charge on any atom is 0.133 e. The van der Waals surface area contributed by atoms with Gasteiger partial charge in [-0.3, -0.25) is 0 Å². The van der Waals surface area contributed by atoms with E-state index in [1.54, 1.807) is 6.07 Å². The van der Waals surface area contributed by atoms with Crippen LogP contribution in [-0.4, -0.2) is 18.6 Å². The molecule has 0 unspecified atom stereocenters. The Labute approximate surface area is 96.2 Å². The van der Waals surface area contributed by atoms with Crippen molar-refractivity contribution in [3.63, 3.8) is 0 Å². The van der Waals surface area contributed by atoms with Crippen LogP contribution in [0.4, 0.5) is 11.5 Å². The van der Waals surface area contributed by atoms with Crippen LogP contribution in [0.3, 0.4) is 0 Å². The minimum Gasteiger partial charge on any atom is -0.399 e. The fourth-order valence-electron chi connectivity index (χ4n) is 1.49. The molecule has 0 aliphatic rings. The number of pyridine rings is 1. The van der Waals surface area contributed by atoms with Gasteiger partial charge in [-0.05, 0) is 11.5 Å². The summed E-state index contributed by atoms with van der Waals surface area (Å²) in [5, 5.41) is 0.436. The fourth-order valence-corrected chi connectivity index (χ4v) is 1.70. The molecule has 84 valence electrons. The SMILES string of the molecule is CN(CC(C)(C)C)c1cc(N)cc(Cl)n1. The topological polar surface area (TPSA) is 42.1 Å². The largest absolute Gasteiger partial charge is 0.399 e. The van der Waals surface area contributed by atoms with Gasteiger partial charge in [0.05, 0.1) is 0 Å². The summed E-state index contributed by atoms with van der Waals surface area (Å²) in [4.78, 5) is 6.29. The van der Waals surface area contributed by atoms with Crippen molar-refractivity contribution in [1.82, 2.24) is 4.98 Å². The molecule has 0 bridgehead atoms. The molecule has 0 saturated carbocycles. The molecule has 1 aromatic rings. The molecule has 1 rings (SSSR count). The van der Waals surface area contributed by atoms with Crippen LogP contribution in [0.1, 0.15) is 20.8 Å². The van der Waals surface area contributed by atoms with Crippen LogP contribution in [0.15, 0.2) is 12.1 Å². The summed E-state index contributed by atoms with van der Waals surface area (Å²) in [7, 11) is 1.99. The van der Waals surface area contributed by atoms with E-state index in [0.29, 0.717) is 10.8 Å². The van der Waals surface area contributed by atoms with Gasteiger partial charge in [0, 0.05) is 25.3 Å². The van der Waals surface area contributed by atoms with Gasteiger partial charge in [-0.25, -0.2) is 4.98 Å². The number of hydrogen-bond donors (Lipinski definition) is 1. The van der Waals surface area contributed by atoms with Crippen LogP contribution < -0.4 is 10.6 Å². The van der Waals surface area contributed by atoms with Gasteiger partial charge in [0.25, 0.3) is 0 Å². The third-order valence-corrected chi connectivity index (χ3v) is 2.10. The van der Waals surface area contributed by atoms with E-state index in [9.17, 15) is 0 Å². The number of hydrogen-bond acceptors (Lipinski definition) is 3. The van der Waals surface area contributed by atoms with Crippen molar-refractivity contribution in [2.75, 3.05) is 24.2 Å². The average Bonchev–Trinajstić information content (AvgIpc) is 1.98. The van der Waals surface area contributed by atoms with Crippen LogP contribution in [0.25, 0.3) is 0 Å². The lowest BCUT2D eigenvalue weighted by molar-refractivity contribution is 0.418. The van der Waals surface area contributed by atoms with Crippen LogP contribution >= 0.6 is 11.6 Å². The minimum atomic E-state index is 0.216. The second-order valence-electron chi connectivity index (χ2n) is 5.00. The number of aromatic nitrogens is 1. The first-order valence-corrected chi connectivity index (χ1v) is 5.30. The molecular formula is C11H18ClN3. The fraction of sp³-hybridized carbons (Fsp3) is 0.545. The highest BCUT2D eigenvalue weighted by atomic mass is 35.5. The van der Waals surface area contributed by atoms with Crippen molar-refractivity contribution >= 4 is 23.1 Å². The molecule has 1 heterocycles. The van der Waals surface area contributed by atoms with Crippen molar-refractivity contribution in [3.05, 3.63) is 17.3 Å². The Hall–Kier alpha value is -0.960. The van der Waals surface area contributed by atoms with Crippen molar-refractivity contribution in [3.8, 4) is 0 Å². The summed E-state index contributed by atoms with van der Waals surface area (Å²) in [5.41, 5.74) is 6.57. The first-order valence-electron chi connectivity index (χ1n) is 4.92. The Bertz CT molecular complexity index is 324. The Morgan fingerprint density at radius 2 is 2.00 bits per heavy atom. The molecule has 15 heavy (non-hydrogen) atoms. The standard InChI is InChI=1S/C11H18ClN3/c1-11(2,3)7-15(4)10-6-8(13)5-9(12)14-10/h5-6H,7H2,1-4H3,(H2,13,14). The average molecular weight is 228 g/mol. The summed E-state index contributed by atoms with van der Waals surface area (Å²) in [5.74, 6) is 0.815. The van der Waals surface area contributed by atoms with Gasteiger partial charge < -0.3 is 10.6 Å². The lowest BCUT2D eigenvalue weighted by Crippen LogP contribution is -2.29. The zero-order valence-corrected chi connectivity index (χ0v) is 10.5. The summed E-state index contributed by atoms with van der Waals surface area (Å²) >= 11 is 5.85. The van der Waals surface area contributed by atoms with Crippen LogP contribution in [-0.2, 0) is 0 Å². The maximum atomic E-state index is 5.85. The molecule has 0 aliphatic heterocycles. The maximum absolute atomic E-state index is 5.85. The Morgan fingerprint density at radius 1 is 1.40 bits per heavy atom. The van der Waals surface area contributed by atoms with Gasteiger partial charge in [-0.2, -0.15) is 0 Å². The van der Waals surface area contributed by atoms with Crippen LogP contribution in [0.2, 0.25) is 5.15 Å².